The molecule has 2 aromatic carbocycles. The summed E-state index contributed by atoms with van der Waals surface area (Å²) in [5.74, 6) is 2.63. The first kappa shape index (κ1) is 12.3. The summed E-state index contributed by atoms with van der Waals surface area (Å²) in [7, 11) is -3.93. The van der Waals surface area contributed by atoms with E-state index < -0.39 is 10.1 Å². The third-order valence-electron chi connectivity index (χ3n) is 2.17. The van der Waals surface area contributed by atoms with Crippen LogP contribution in [0.5, 0.6) is 0 Å². The van der Waals surface area contributed by atoms with Crippen molar-refractivity contribution in [2.75, 3.05) is 0 Å². The second-order valence-corrected chi connectivity index (χ2v) is 5.04. The van der Waals surface area contributed by atoms with Crippen molar-refractivity contribution in [2.45, 2.75) is 4.90 Å². The van der Waals surface area contributed by atoms with Gasteiger partial charge in [0.2, 0.25) is 10.1 Å². The molecule has 18 heavy (non-hydrogen) atoms. The number of halogens is 1. The van der Waals surface area contributed by atoms with Gasteiger partial charge >= 0.3 is 0 Å². The number of nitrogens with zero attached hydrogens (tertiary/aromatic N) is 1. The molecule has 0 heterocycles. The Morgan fingerprint density at radius 1 is 0.944 bits per heavy atom. The van der Waals surface area contributed by atoms with Crippen LogP contribution in [0.2, 0.25) is 0 Å². The lowest BCUT2D eigenvalue weighted by atomic mass is 10.2. The van der Waals surface area contributed by atoms with Crippen molar-refractivity contribution in [3.63, 3.8) is 0 Å². The van der Waals surface area contributed by atoms with Crippen molar-refractivity contribution in [1.29, 1.82) is 0 Å². The van der Waals surface area contributed by atoms with E-state index in [2.05, 4.69) is 16.3 Å². The molecule has 0 saturated carbocycles. The SMILES string of the molecule is O=S(F)(=NC#Cc1ccccc1)c1ccccc1. The maximum atomic E-state index is 13.8. The van der Waals surface area contributed by atoms with E-state index in [1.807, 2.05) is 18.2 Å². The molecule has 0 amide bonds. The summed E-state index contributed by atoms with van der Waals surface area (Å²) in [4.78, 5) is 0.0346. The molecule has 0 aromatic heterocycles. The molecule has 90 valence electrons. The Hall–Kier alpha value is -2.12. The summed E-state index contributed by atoms with van der Waals surface area (Å²) in [5, 5.41) is 0. The second-order valence-electron chi connectivity index (χ2n) is 3.47. The second kappa shape index (κ2) is 5.48. The summed E-state index contributed by atoms with van der Waals surface area (Å²) in [6.07, 6.45) is 0. The largest absolute Gasteiger partial charge is 0.243 e. The number of hydrogen-bond acceptors (Lipinski definition) is 2. The normalized spacial score (nSPS) is 12.9. The Balaban J connectivity index is 2.30. The Kier molecular flexibility index (Phi) is 3.75. The molecule has 2 aromatic rings. The molecular formula is C14H10FNOS. The van der Waals surface area contributed by atoms with Gasteiger partial charge in [0.15, 0.2) is 0 Å². The fourth-order valence-corrected chi connectivity index (χ4v) is 2.07. The summed E-state index contributed by atoms with van der Waals surface area (Å²) >= 11 is 0. The number of rotatable bonds is 1. The first-order valence-electron chi connectivity index (χ1n) is 5.25. The summed E-state index contributed by atoms with van der Waals surface area (Å²) < 4.78 is 28.7. The van der Waals surface area contributed by atoms with Gasteiger partial charge in [-0.25, -0.2) is 4.21 Å². The highest BCUT2D eigenvalue weighted by molar-refractivity contribution is 7.88. The van der Waals surface area contributed by atoms with E-state index in [1.54, 1.807) is 30.3 Å². The molecule has 4 heteroatoms. The monoisotopic (exact) mass is 259 g/mol. The first-order valence-corrected chi connectivity index (χ1v) is 6.67. The maximum absolute atomic E-state index is 13.8. The van der Waals surface area contributed by atoms with E-state index in [-0.39, 0.29) is 4.90 Å². The highest BCUT2D eigenvalue weighted by atomic mass is 32.3. The predicted molar refractivity (Wildman–Crippen MR) is 69.7 cm³/mol. The topological polar surface area (TPSA) is 29.4 Å². The van der Waals surface area contributed by atoms with E-state index >= 15 is 0 Å². The zero-order valence-corrected chi connectivity index (χ0v) is 10.2. The van der Waals surface area contributed by atoms with Gasteiger partial charge in [-0.1, -0.05) is 36.4 Å². The maximum Gasteiger partial charge on any atom is 0.243 e. The molecule has 2 nitrogen and oxygen atoms in total. The molecule has 1 atom stereocenters. The van der Waals surface area contributed by atoms with E-state index in [9.17, 15) is 8.09 Å². The third-order valence-corrected chi connectivity index (χ3v) is 3.35. The zero-order valence-electron chi connectivity index (χ0n) is 9.42. The van der Waals surface area contributed by atoms with Crippen LogP contribution < -0.4 is 0 Å². The quantitative estimate of drug-likeness (QED) is 0.570. The van der Waals surface area contributed by atoms with Gasteiger partial charge in [-0.2, -0.15) is 0 Å². The molecule has 0 aliphatic heterocycles. The Labute approximate surface area is 106 Å². The average Bonchev–Trinajstić information content (AvgIpc) is 2.41. The zero-order chi connectivity index (χ0) is 12.8. The minimum atomic E-state index is -3.93. The van der Waals surface area contributed by atoms with Gasteiger partial charge in [-0.15, -0.1) is 8.25 Å². The third kappa shape index (κ3) is 3.19. The van der Waals surface area contributed by atoms with Gasteiger partial charge in [0.1, 0.15) is 0 Å². The molecule has 2 rings (SSSR count). The smallest absolute Gasteiger partial charge is 0.210 e. The van der Waals surface area contributed by atoms with Gasteiger partial charge in [-0.3, -0.25) is 0 Å². The molecular weight excluding hydrogens is 249 g/mol. The lowest BCUT2D eigenvalue weighted by Crippen LogP contribution is -1.90. The molecule has 0 saturated heterocycles. The van der Waals surface area contributed by atoms with Crippen molar-refractivity contribution in [2.24, 2.45) is 4.36 Å². The van der Waals surface area contributed by atoms with E-state index in [0.29, 0.717) is 5.56 Å². The van der Waals surface area contributed by atoms with E-state index in [1.165, 1.54) is 12.1 Å². The van der Waals surface area contributed by atoms with Gasteiger partial charge in [0.05, 0.1) is 10.9 Å². The minimum absolute atomic E-state index is 0.0346. The van der Waals surface area contributed by atoms with Crippen LogP contribution in [0.1, 0.15) is 5.56 Å². The first-order chi connectivity index (χ1) is 8.68. The fourth-order valence-electron chi connectivity index (χ4n) is 1.31. The lowest BCUT2D eigenvalue weighted by molar-refractivity contribution is 0.639. The molecule has 0 radical (unpaired) electrons. The fraction of sp³-hybridized carbons (Fsp3) is 0. The highest BCUT2D eigenvalue weighted by Crippen LogP contribution is 2.13. The van der Waals surface area contributed by atoms with Crippen molar-refractivity contribution in [3.8, 4) is 12.0 Å². The van der Waals surface area contributed by atoms with Crippen molar-refractivity contribution in [1.82, 2.24) is 0 Å². The summed E-state index contributed by atoms with van der Waals surface area (Å²) in [6, 6.07) is 19.1. The number of benzene rings is 2. The van der Waals surface area contributed by atoms with Crippen LogP contribution in [0.25, 0.3) is 0 Å². The van der Waals surface area contributed by atoms with Crippen LogP contribution in [-0.2, 0) is 10.1 Å². The minimum Gasteiger partial charge on any atom is -0.210 e. The Morgan fingerprint density at radius 2 is 1.50 bits per heavy atom. The summed E-state index contributed by atoms with van der Waals surface area (Å²) in [5.41, 5.74) is 0.699. The molecule has 0 bridgehead atoms. The summed E-state index contributed by atoms with van der Waals surface area (Å²) in [6.45, 7) is 0. The standard InChI is InChI=1S/C14H10FNOS/c15-18(17,14-9-5-2-6-10-14)16-12-11-13-7-3-1-4-8-13/h1-10H. The Morgan fingerprint density at radius 3 is 2.11 bits per heavy atom. The van der Waals surface area contributed by atoms with Gasteiger partial charge in [0.25, 0.3) is 0 Å². The van der Waals surface area contributed by atoms with Crippen LogP contribution in [0.4, 0.5) is 3.89 Å². The Bertz CT molecular complexity index is 693. The van der Waals surface area contributed by atoms with Gasteiger partial charge in [-0.05, 0) is 30.2 Å². The lowest BCUT2D eigenvalue weighted by Gasteiger charge is -1.95. The van der Waals surface area contributed by atoms with Crippen LogP contribution in [0, 0.1) is 12.0 Å². The molecule has 0 aliphatic rings. The molecule has 1 unspecified atom stereocenters. The van der Waals surface area contributed by atoms with Crippen molar-refractivity contribution < 1.29 is 8.09 Å². The van der Waals surface area contributed by atoms with Crippen LogP contribution >= 0.6 is 0 Å². The predicted octanol–water partition coefficient (Wildman–Crippen LogP) is 3.41. The van der Waals surface area contributed by atoms with E-state index in [0.717, 1.165) is 0 Å². The van der Waals surface area contributed by atoms with E-state index in [4.69, 9.17) is 0 Å². The van der Waals surface area contributed by atoms with Gasteiger partial charge in [0, 0.05) is 5.56 Å². The van der Waals surface area contributed by atoms with Crippen LogP contribution in [0.3, 0.4) is 0 Å². The molecule has 0 spiro atoms. The molecule has 0 aliphatic carbocycles. The van der Waals surface area contributed by atoms with Crippen molar-refractivity contribution >= 4 is 10.1 Å². The van der Waals surface area contributed by atoms with Crippen LogP contribution in [-0.4, -0.2) is 4.21 Å². The average molecular weight is 259 g/mol. The van der Waals surface area contributed by atoms with Crippen LogP contribution in [0.15, 0.2) is 69.9 Å². The van der Waals surface area contributed by atoms with Crippen molar-refractivity contribution in [3.05, 3.63) is 66.2 Å². The molecule has 0 N–H and O–H groups in total. The number of hydrogen-bond donors (Lipinski definition) is 0. The highest BCUT2D eigenvalue weighted by Gasteiger charge is 2.08. The molecule has 0 fully saturated rings. The van der Waals surface area contributed by atoms with Gasteiger partial charge < -0.3 is 0 Å².